The molecule has 1 aromatic heterocycles. The summed E-state index contributed by atoms with van der Waals surface area (Å²) in [6.45, 7) is 0. The maximum Gasteiger partial charge on any atom is 0.488 e. The minimum absolute atomic E-state index is 0.181. The first-order valence-corrected chi connectivity index (χ1v) is 5.43. The maximum atomic E-state index is 10.7. The summed E-state index contributed by atoms with van der Waals surface area (Å²) in [4.78, 5) is 13.7. The highest BCUT2D eigenvalue weighted by atomic mass is 16.4. The van der Waals surface area contributed by atoms with Crippen LogP contribution >= 0.6 is 0 Å². The van der Waals surface area contributed by atoms with Crippen molar-refractivity contribution in [3.05, 3.63) is 30.0 Å². The lowest BCUT2D eigenvalue weighted by atomic mass is 9.79. The van der Waals surface area contributed by atoms with Crippen molar-refractivity contribution < 1.29 is 19.9 Å². The minimum atomic E-state index is -1.55. The summed E-state index contributed by atoms with van der Waals surface area (Å²) < 4.78 is 0. The molecule has 0 spiro atoms. The van der Waals surface area contributed by atoms with Crippen molar-refractivity contribution in [2.24, 2.45) is 5.73 Å². The smallest absolute Gasteiger partial charge is 0.480 e. The van der Waals surface area contributed by atoms with Gasteiger partial charge in [0.1, 0.15) is 6.04 Å². The molecule has 0 aliphatic rings. The molecule has 6 nitrogen and oxygen atoms in total. The molecule has 18 heavy (non-hydrogen) atoms. The Kier molecular flexibility index (Phi) is 3.37. The number of carboxylic acids is 1. The predicted octanol–water partition coefficient (Wildman–Crippen LogP) is -1.20. The number of carboxylic acid groups (broad SMARTS) is 1. The maximum absolute atomic E-state index is 10.7. The number of H-pyrrole nitrogens is 1. The van der Waals surface area contributed by atoms with Gasteiger partial charge in [-0.2, -0.15) is 0 Å². The first kappa shape index (κ1) is 12.6. The number of carbonyl (C=O) groups is 1. The van der Waals surface area contributed by atoms with Crippen LogP contribution < -0.4 is 11.2 Å². The van der Waals surface area contributed by atoms with Gasteiger partial charge in [-0.3, -0.25) is 4.79 Å². The van der Waals surface area contributed by atoms with Crippen LogP contribution in [0, 0.1) is 0 Å². The highest BCUT2D eigenvalue weighted by Gasteiger charge is 2.17. The number of rotatable bonds is 4. The van der Waals surface area contributed by atoms with Crippen LogP contribution in [0.3, 0.4) is 0 Å². The second kappa shape index (κ2) is 4.81. The molecule has 0 aliphatic heterocycles. The third-order valence-electron chi connectivity index (χ3n) is 2.85. The van der Waals surface area contributed by atoms with Gasteiger partial charge in [0, 0.05) is 23.5 Å². The summed E-state index contributed by atoms with van der Waals surface area (Å²) in [5.74, 6) is -1.07. The number of aromatic nitrogens is 1. The van der Waals surface area contributed by atoms with Crippen molar-refractivity contribution >= 4 is 29.5 Å². The minimum Gasteiger partial charge on any atom is -0.480 e. The van der Waals surface area contributed by atoms with Crippen LogP contribution in [0.4, 0.5) is 0 Å². The Labute approximate surface area is 103 Å². The average Bonchev–Trinajstić information content (AvgIpc) is 2.71. The Hall–Kier alpha value is -1.83. The van der Waals surface area contributed by atoms with E-state index in [0.29, 0.717) is 5.46 Å². The molecule has 0 fully saturated rings. The molecule has 2 aromatic rings. The Morgan fingerprint density at radius 2 is 2.17 bits per heavy atom. The van der Waals surface area contributed by atoms with Crippen LogP contribution in [-0.4, -0.2) is 39.3 Å². The van der Waals surface area contributed by atoms with Crippen molar-refractivity contribution in [1.29, 1.82) is 0 Å². The number of fused-ring (bicyclic) bond motifs is 1. The molecule has 1 atom stereocenters. The van der Waals surface area contributed by atoms with Crippen molar-refractivity contribution in [2.45, 2.75) is 12.5 Å². The Morgan fingerprint density at radius 3 is 2.78 bits per heavy atom. The molecule has 0 aliphatic carbocycles. The lowest BCUT2D eigenvalue weighted by Gasteiger charge is -2.05. The number of hydrogen-bond acceptors (Lipinski definition) is 4. The van der Waals surface area contributed by atoms with Crippen LogP contribution in [0.5, 0.6) is 0 Å². The number of nitrogens with two attached hydrogens (primary N) is 1. The van der Waals surface area contributed by atoms with Gasteiger partial charge in [-0.1, -0.05) is 12.1 Å². The van der Waals surface area contributed by atoms with Crippen molar-refractivity contribution in [3.63, 3.8) is 0 Å². The van der Waals surface area contributed by atoms with Gasteiger partial charge >= 0.3 is 13.1 Å². The van der Waals surface area contributed by atoms with Gasteiger partial charge in [-0.15, -0.1) is 0 Å². The Bertz CT molecular complexity index is 581. The number of aliphatic carboxylic acids is 1. The molecular formula is C11H13BN2O4. The van der Waals surface area contributed by atoms with Gasteiger partial charge in [0.2, 0.25) is 0 Å². The number of benzene rings is 1. The van der Waals surface area contributed by atoms with Crippen LogP contribution in [0.2, 0.25) is 0 Å². The molecule has 0 amide bonds. The van der Waals surface area contributed by atoms with E-state index in [1.54, 1.807) is 24.4 Å². The summed E-state index contributed by atoms with van der Waals surface area (Å²) >= 11 is 0. The van der Waals surface area contributed by atoms with E-state index >= 15 is 0 Å². The van der Waals surface area contributed by atoms with Gasteiger partial charge < -0.3 is 25.9 Å². The fraction of sp³-hybridized carbons (Fsp3) is 0.182. The lowest BCUT2D eigenvalue weighted by Crippen LogP contribution is -2.32. The molecule has 6 N–H and O–H groups in total. The van der Waals surface area contributed by atoms with Crippen LogP contribution in [0.25, 0.3) is 10.9 Å². The van der Waals surface area contributed by atoms with Crippen molar-refractivity contribution in [3.8, 4) is 0 Å². The van der Waals surface area contributed by atoms with Gasteiger partial charge in [0.25, 0.3) is 0 Å². The zero-order valence-corrected chi connectivity index (χ0v) is 9.50. The Balaban J connectivity index is 2.39. The SMILES string of the molecule is NC(Cc1c[nH]c2ccc(B(O)O)cc12)C(=O)O. The highest BCUT2D eigenvalue weighted by molar-refractivity contribution is 6.58. The molecule has 0 bridgehead atoms. The molecule has 0 saturated heterocycles. The summed E-state index contributed by atoms with van der Waals surface area (Å²) in [7, 11) is -1.55. The van der Waals surface area contributed by atoms with Gasteiger partial charge in [-0.25, -0.2) is 0 Å². The third kappa shape index (κ3) is 2.38. The summed E-state index contributed by atoms with van der Waals surface area (Å²) in [6.07, 6.45) is 1.86. The zero-order valence-electron chi connectivity index (χ0n) is 9.50. The van der Waals surface area contributed by atoms with E-state index < -0.39 is 19.1 Å². The molecule has 0 saturated carbocycles. The molecule has 94 valence electrons. The summed E-state index contributed by atoms with van der Waals surface area (Å²) in [5, 5.41) is 27.7. The molecule has 1 unspecified atom stereocenters. The van der Waals surface area contributed by atoms with Crippen LogP contribution in [-0.2, 0) is 11.2 Å². The molecule has 7 heteroatoms. The molecular weight excluding hydrogens is 235 g/mol. The first-order valence-electron chi connectivity index (χ1n) is 5.43. The number of nitrogens with one attached hydrogen (secondary N) is 1. The van der Waals surface area contributed by atoms with Gasteiger partial charge in [0.15, 0.2) is 0 Å². The molecule has 0 radical (unpaired) electrons. The monoisotopic (exact) mass is 248 g/mol. The summed E-state index contributed by atoms with van der Waals surface area (Å²) in [6, 6.07) is 3.93. The van der Waals surface area contributed by atoms with E-state index in [-0.39, 0.29) is 6.42 Å². The average molecular weight is 248 g/mol. The third-order valence-corrected chi connectivity index (χ3v) is 2.85. The van der Waals surface area contributed by atoms with Crippen molar-refractivity contribution in [1.82, 2.24) is 4.98 Å². The standard InChI is InChI=1S/C11H13BN2O4/c13-9(11(15)16)3-6-5-14-10-2-1-7(12(17)18)4-8(6)10/h1-2,4-5,9,14,17-18H,3,13H2,(H,15,16). The van der Waals surface area contributed by atoms with E-state index in [1.165, 1.54) is 0 Å². The summed E-state index contributed by atoms with van der Waals surface area (Å²) in [5.41, 5.74) is 7.37. The molecule has 2 rings (SSSR count). The van der Waals surface area contributed by atoms with E-state index in [4.69, 9.17) is 20.9 Å². The fourth-order valence-electron chi connectivity index (χ4n) is 1.85. The van der Waals surface area contributed by atoms with Crippen LogP contribution in [0.15, 0.2) is 24.4 Å². The fourth-order valence-corrected chi connectivity index (χ4v) is 1.85. The predicted molar refractivity (Wildman–Crippen MR) is 67.4 cm³/mol. The van der Waals surface area contributed by atoms with Gasteiger partial charge in [0.05, 0.1) is 0 Å². The molecule has 1 heterocycles. The second-order valence-electron chi connectivity index (χ2n) is 4.14. The normalized spacial score (nSPS) is 12.6. The Morgan fingerprint density at radius 1 is 1.44 bits per heavy atom. The van der Waals surface area contributed by atoms with E-state index in [9.17, 15) is 4.79 Å². The van der Waals surface area contributed by atoms with Crippen molar-refractivity contribution in [2.75, 3.05) is 0 Å². The zero-order chi connectivity index (χ0) is 13.3. The van der Waals surface area contributed by atoms with Crippen LogP contribution in [0.1, 0.15) is 5.56 Å². The number of hydrogen-bond donors (Lipinski definition) is 5. The van der Waals surface area contributed by atoms with E-state index in [2.05, 4.69) is 4.98 Å². The first-order chi connectivity index (χ1) is 8.49. The topological polar surface area (TPSA) is 120 Å². The van der Waals surface area contributed by atoms with E-state index in [0.717, 1.165) is 16.5 Å². The number of aromatic amines is 1. The highest BCUT2D eigenvalue weighted by Crippen LogP contribution is 2.18. The largest absolute Gasteiger partial charge is 0.488 e. The quantitative estimate of drug-likeness (QED) is 0.435. The lowest BCUT2D eigenvalue weighted by molar-refractivity contribution is -0.138. The van der Waals surface area contributed by atoms with E-state index in [1.807, 2.05) is 0 Å². The van der Waals surface area contributed by atoms with Gasteiger partial charge in [-0.05, 0) is 17.1 Å². The second-order valence-corrected chi connectivity index (χ2v) is 4.14. The molecule has 1 aromatic carbocycles.